The molecule has 1 aromatic rings. The Morgan fingerprint density at radius 2 is 1.75 bits per heavy atom. The first-order valence-corrected chi connectivity index (χ1v) is 8.15. The van der Waals surface area contributed by atoms with Crippen molar-refractivity contribution >= 4 is 41.0 Å². The maximum atomic E-state index is 12.1. The van der Waals surface area contributed by atoms with Crippen LogP contribution in [-0.4, -0.2) is 29.8 Å². The van der Waals surface area contributed by atoms with Gasteiger partial charge in [-0.2, -0.15) is 0 Å². The summed E-state index contributed by atoms with van der Waals surface area (Å²) in [6, 6.07) is 4.31. The molecule has 1 aromatic carbocycles. The molecule has 0 unspecified atom stereocenters. The number of carbonyl (C=O) groups is 2. The zero-order chi connectivity index (χ0) is 18.5. The van der Waals surface area contributed by atoms with Gasteiger partial charge in [-0.3, -0.25) is 0 Å². The van der Waals surface area contributed by atoms with Crippen molar-refractivity contribution < 1.29 is 14.3 Å². The molecule has 0 aliphatic carbocycles. The smallest absolute Gasteiger partial charge is 0.407 e. The maximum absolute atomic E-state index is 12.1. The van der Waals surface area contributed by atoms with Crippen LogP contribution in [0.5, 0.6) is 0 Å². The average Bonchev–Trinajstić information content (AvgIpc) is 2.38. The van der Waals surface area contributed by atoms with Crippen LogP contribution in [0.25, 0.3) is 0 Å². The van der Waals surface area contributed by atoms with Crippen LogP contribution >= 0.6 is 23.2 Å². The van der Waals surface area contributed by atoms with E-state index < -0.39 is 23.3 Å². The summed E-state index contributed by atoms with van der Waals surface area (Å²) in [5, 5.41) is 8.82. The molecule has 134 valence electrons. The number of benzene rings is 1. The second kappa shape index (κ2) is 7.94. The molecule has 0 aliphatic heterocycles. The van der Waals surface area contributed by atoms with E-state index in [1.807, 2.05) is 0 Å². The third kappa shape index (κ3) is 7.75. The molecule has 8 heteroatoms. The molecule has 0 aliphatic rings. The number of rotatable bonds is 4. The van der Waals surface area contributed by atoms with Crippen molar-refractivity contribution in [2.45, 2.75) is 45.8 Å². The van der Waals surface area contributed by atoms with Gasteiger partial charge >= 0.3 is 12.1 Å². The normalized spacial score (nSPS) is 11.6. The van der Waals surface area contributed by atoms with Crippen LogP contribution in [0.2, 0.25) is 10.0 Å². The molecule has 0 saturated carbocycles. The molecule has 0 atom stereocenters. The number of nitrogens with one attached hydrogen (secondary N) is 3. The first-order chi connectivity index (χ1) is 10.9. The Morgan fingerprint density at radius 3 is 2.33 bits per heavy atom. The van der Waals surface area contributed by atoms with Gasteiger partial charge in [-0.05, 0) is 52.8 Å². The molecular weight excluding hydrogens is 353 g/mol. The molecular formula is C16H23Cl2N3O3. The average molecular weight is 376 g/mol. The lowest BCUT2D eigenvalue weighted by atomic mass is 10.1. The van der Waals surface area contributed by atoms with E-state index >= 15 is 0 Å². The summed E-state index contributed by atoms with van der Waals surface area (Å²) in [7, 11) is 0. The second-order valence-corrected chi connectivity index (χ2v) is 7.79. The van der Waals surface area contributed by atoms with E-state index in [0.717, 1.165) is 0 Å². The van der Waals surface area contributed by atoms with Gasteiger partial charge in [0.05, 0.1) is 16.2 Å². The van der Waals surface area contributed by atoms with Gasteiger partial charge in [0.1, 0.15) is 5.60 Å². The van der Waals surface area contributed by atoms with Crippen LogP contribution in [0, 0.1) is 0 Å². The number of hydrogen-bond acceptors (Lipinski definition) is 3. The van der Waals surface area contributed by atoms with Gasteiger partial charge in [0.25, 0.3) is 0 Å². The number of halogens is 2. The minimum absolute atomic E-state index is 0.193. The summed E-state index contributed by atoms with van der Waals surface area (Å²) in [6.45, 7) is 9.06. The largest absolute Gasteiger partial charge is 0.444 e. The lowest BCUT2D eigenvalue weighted by Crippen LogP contribution is -2.53. The van der Waals surface area contributed by atoms with Crippen molar-refractivity contribution in [1.82, 2.24) is 10.6 Å². The van der Waals surface area contributed by atoms with Crippen molar-refractivity contribution in [3.8, 4) is 0 Å². The Labute approximate surface area is 152 Å². The van der Waals surface area contributed by atoms with Crippen molar-refractivity contribution in [3.05, 3.63) is 28.2 Å². The van der Waals surface area contributed by atoms with Crippen LogP contribution in [0.3, 0.4) is 0 Å². The number of alkyl carbamates (subject to hydrolysis) is 1. The first kappa shape index (κ1) is 20.4. The summed E-state index contributed by atoms with van der Waals surface area (Å²) < 4.78 is 5.15. The van der Waals surface area contributed by atoms with Crippen molar-refractivity contribution in [2.24, 2.45) is 0 Å². The van der Waals surface area contributed by atoms with E-state index in [2.05, 4.69) is 16.0 Å². The van der Waals surface area contributed by atoms with E-state index in [0.29, 0.717) is 15.7 Å². The van der Waals surface area contributed by atoms with E-state index in [1.165, 1.54) is 0 Å². The zero-order valence-corrected chi connectivity index (χ0v) is 15.9. The monoisotopic (exact) mass is 375 g/mol. The number of ether oxygens (including phenoxy) is 1. The summed E-state index contributed by atoms with van der Waals surface area (Å²) in [5.41, 5.74) is -0.883. The quantitative estimate of drug-likeness (QED) is 0.728. The molecule has 1 rings (SSSR count). The molecule has 6 nitrogen and oxygen atoms in total. The molecule has 0 spiro atoms. The Hall–Kier alpha value is -1.66. The molecule has 3 amide bonds. The highest BCUT2D eigenvalue weighted by molar-refractivity contribution is 6.35. The van der Waals surface area contributed by atoms with Gasteiger partial charge < -0.3 is 20.7 Å². The Morgan fingerprint density at radius 1 is 1.12 bits per heavy atom. The lowest BCUT2D eigenvalue weighted by Gasteiger charge is -2.28. The highest BCUT2D eigenvalue weighted by Crippen LogP contribution is 2.25. The van der Waals surface area contributed by atoms with Crippen molar-refractivity contribution in [2.75, 3.05) is 11.9 Å². The standard InChI is InChI=1S/C16H23Cl2N3O3/c1-15(2,3)24-14(23)19-9-16(4,5)21-13(22)20-12-8-10(17)6-7-11(12)18/h6-8H,9H2,1-5H3,(H,19,23)(H2,20,21,22). The van der Waals surface area contributed by atoms with Crippen LogP contribution in [0.4, 0.5) is 15.3 Å². The Bertz CT molecular complexity index is 613. The van der Waals surface area contributed by atoms with E-state index in [1.54, 1.807) is 52.8 Å². The number of anilines is 1. The van der Waals surface area contributed by atoms with Crippen LogP contribution in [0.1, 0.15) is 34.6 Å². The molecule has 24 heavy (non-hydrogen) atoms. The van der Waals surface area contributed by atoms with Crippen molar-refractivity contribution in [3.63, 3.8) is 0 Å². The fourth-order valence-electron chi connectivity index (χ4n) is 1.71. The van der Waals surface area contributed by atoms with Gasteiger partial charge in [-0.15, -0.1) is 0 Å². The lowest BCUT2D eigenvalue weighted by molar-refractivity contribution is 0.0514. The molecule has 3 N–H and O–H groups in total. The van der Waals surface area contributed by atoms with Crippen LogP contribution < -0.4 is 16.0 Å². The number of urea groups is 1. The van der Waals surface area contributed by atoms with Crippen LogP contribution in [0.15, 0.2) is 18.2 Å². The summed E-state index contributed by atoms with van der Waals surface area (Å²) >= 11 is 11.9. The Balaban J connectivity index is 2.55. The number of hydrogen-bond donors (Lipinski definition) is 3. The third-order valence-corrected chi connectivity index (χ3v) is 3.27. The van der Waals surface area contributed by atoms with Gasteiger partial charge in [0.2, 0.25) is 0 Å². The van der Waals surface area contributed by atoms with E-state index in [9.17, 15) is 9.59 Å². The molecule has 0 aromatic heterocycles. The molecule has 0 saturated heterocycles. The summed E-state index contributed by atoms with van der Waals surface area (Å²) in [6.07, 6.45) is -0.546. The highest BCUT2D eigenvalue weighted by atomic mass is 35.5. The predicted octanol–water partition coefficient (Wildman–Crippen LogP) is 4.42. The fourth-order valence-corrected chi connectivity index (χ4v) is 2.04. The molecule has 0 heterocycles. The van der Waals surface area contributed by atoms with E-state index in [4.69, 9.17) is 27.9 Å². The first-order valence-electron chi connectivity index (χ1n) is 7.39. The number of carbonyl (C=O) groups excluding carboxylic acids is 2. The maximum Gasteiger partial charge on any atom is 0.407 e. The topological polar surface area (TPSA) is 79.5 Å². The predicted molar refractivity (Wildman–Crippen MR) is 96.9 cm³/mol. The number of amides is 3. The third-order valence-electron chi connectivity index (χ3n) is 2.70. The summed E-state index contributed by atoms with van der Waals surface area (Å²) in [5.74, 6) is 0. The SMILES string of the molecule is CC(C)(CNC(=O)OC(C)(C)C)NC(=O)Nc1cc(Cl)ccc1Cl. The zero-order valence-electron chi connectivity index (χ0n) is 14.4. The Kier molecular flexibility index (Phi) is 6.75. The fraction of sp³-hybridized carbons (Fsp3) is 0.500. The molecule has 0 bridgehead atoms. The van der Waals surface area contributed by atoms with E-state index in [-0.39, 0.29) is 6.54 Å². The van der Waals surface area contributed by atoms with Gasteiger partial charge in [-0.25, -0.2) is 9.59 Å². The van der Waals surface area contributed by atoms with Gasteiger partial charge in [-0.1, -0.05) is 23.2 Å². The minimum Gasteiger partial charge on any atom is -0.444 e. The van der Waals surface area contributed by atoms with Crippen molar-refractivity contribution in [1.29, 1.82) is 0 Å². The highest BCUT2D eigenvalue weighted by Gasteiger charge is 2.23. The second-order valence-electron chi connectivity index (χ2n) is 6.94. The molecule has 0 radical (unpaired) electrons. The molecule has 0 fully saturated rings. The summed E-state index contributed by atoms with van der Waals surface area (Å²) in [4.78, 5) is 23.8. The van der Waals surface area contributed by atoms with Gasteiger partial charge in [0, 0.05) is 11.6 Å². The van der Waals surface area contributed by atoms with Crippen LogP contribution in [-0.2, 0) is 4.74 Å². The minimum atomic E-state index is -0.702. The van der Waals surface area contributed by atoms with Gasteiger partial charge in [0.15, 0.2) is 0 Å².